The molecule has 3 aromatic rings. The van der Waals surface area contributed by atoms with E-state index in [2.05, 4.69) is 22.6 Å². The molecule has 0 heterocycles. The molecule has 2 radical (unpaired) electrons. The standard InChI is InChI=1S/C16H22O4.C12H12O6.C12H18O3.C4H5ClO.CH4.CH3.B5FH6.BrH.Mg/c1-10(2)14(17)20-13-8-11(15(3,4)18)7-12(9-13)16(5,6)19;1-7(13)18-10-5-8(11(14)16-2)4-9(6-10)12(15)17-3;1-11(2,14)8-5-9(12(3,4)15)7-10(13)6-8;1-3(2)4(5)6;;;1-4(2)5(3)6;;/h7-9,18-19H,1H2,2-6H3;4-6H,1-3H3;5-7,13-15H,1-4H3;1H2,2H3;1H4;1H3;1,3H3;1H;/q;;;;;-1;-2;;+2/p-1. The van der Waals surface area contributed by atoms with Gasteiger partial charge in [0.25, 0.3) is 0 Å². The van der Waals surface area contributed by atoms with Gasteiger partial charge in [-0.3, -0.25) is 9.59 Å². The summed E-state index contributed by atoms with van der Waals surface area (Å²) in [5.74, 6) is -2.00. The molecule has 0 atom stereocenters. The molecule has 0 aromatic heterocycles. The van der Waals surface area contributed by atoms with Crippen molar-refractivity contribution in [2.24, 2.45) is 0 Å². The van der Waals surface area contributed by atoms with E-state index in [0.29, 0.717) is 27.8 Å². The Kier molecular flexibility index (Phi) is 37.4. The van der Waals surface area contributed by atoms with Gasteiger partial charge in [-0.25, -0.2) is 14.4 Å². The van der Waals surface area contributed by atoms with Crippen LogP contribution in [0.4, 0.5) is 4.32 Å². The number of ether oxygens (including phenoxy) is 4. The molecule has 0 spiro atoms. The number of benzene rings is 3. The summed E-state index contributed by atoms with van der Waals surface area (Å²) in [4.78, 5) is 55.1. The number of phenolic OH excluding ortho intramolecular Hbond substituents is 1. The van der Waals surface area contributed by atoms with Gasteiger partial charge in [0, 0.05) is 18.1 Å². The maximum Gasteiger partial charge on any atom is 2.00 e. The first-order chi connectivity index (χ1) is 29.3. The third-order valence-electron chi connectivity index (χ3n) is 7.63. The fraction of sp³-hybridized carbons (Fsp3) is 0.391. The second-order valence-corrected chi connectivity index (χ2v) is 16.0. The van der Waals surface area contributed by atoms with Gasteiger partial charge in [-0.15, -0.1) is 6.39 Å². The van der Waals surface area contributed by atoms with Crippen molar-refractivity contribution in [2.75, 3.05) is 14.2 Å². The van der Waals surface area contributed by atoms with Gasteiger partial charge in [0.05, 0.1) is 54.5 Å². The Morgan fingerprint density at radius 2 is 0.913 bits per heavy atom. The van der Waals surface area contributed by atoms with Crippen LogP contribution in [0.5, 0.6) is 17.2 Å². The van der Waals surface area contributed by atoms with Crippen molar-refractivity contribution in [2.45, 2.75) is 106 Å². The molecular weight excluding hydrogens is 989 g/mol. The van der Waals surface area contributed by atoms with Crippen LogP contribution in [0.3, 0.4) is 0 Å². The summed E-state index contributed by atoms with van der Waals surface area (Å²) >= 11 is 4.87. The molecule has 14 nitrogen and oxygen atoms in total. The predicted molar refractivity (Wildman–Crippen MR) is 279 cm³/mol. The Bertz CT molecular complexity index is 2040. The number of aliphatic hydroxyl groups is 4. The molecule has 69 heavy (non-hydrogen) atoms. The fourth-order valence-electron chi connectivity index (χ4n) is 4.17. The molecule has 0 aliphatic carbocycles. The Morgan fingerprint density at radius 3 is 1.13 bits per heavy atom. The van der Waals surface area contributed by atoms with Crippen LogP contribution < -0.4 is 26.5 Å². The van der Waals surface area contributed by atoms with Gasteiger partial charge < -0.3 is 73.2 Å². The number of aromatic hydroxyl groups is 1. The van der Waals surface area contributed by atoms with Gasteiger partial charge in [-0.05, 0) is 173 Å². The maximum absolute atomic E-state index is 11.9. The Hall–Kier alpha value is -3.88. The number of esters is 4. The summed E-state index contributed by atoms with van der Waals surface area (Å²) in [7, 11) is 7.67. The average Bonchev–Trinajstić information content (AvgIpc) is 3.16. The third kappa shape index (κ3) is 31.9. The molecular formula is C46H70B5BrClFMgO14-2. The van der Waals surface area contributed by atoms with Gasteiger partial charge in [0.2, 0.25) is 5.24 Å². The molecule has 3 rings (SSSR count). The van der Waals surface area contributed by atoms with Crippen molar-refractivity contribution < 1.29 is 89.7 Å². The Balaban J connectivity index is -0.000000189. The number of methoxy groups -OCH3 is 2. The number of carbonyl (C=O) groups is 5. The van der Waals surface area contributed by atoms with E-state index in [1.165, 1.54) is 51.5 Å². The minimum Gasteiger partial charge on any atom is -1.00 e. The smallest absolute Gasteiger partial charge is 1.00 e. The van der Waals surface area contributed by atoms with Crippen LogP contribution in [-0.4, -0.2) is 128 Å². The molecule has 0 unspecified atom stereocenters. The van der Waals surface area contributed by atoms with Crippen LogP contribution in [0, 0.1) is 7.43 Å². The zero-order valence-electron chi connectivity index (χ0n) is 40.1. The first kappa shape index (κ1) is 76.6. The van der Waals surface area contributed by atoms with E-state index in [-0.39, 0.29) is 111 Å². The van der Waals surface area contributed by atoms with Crippen molar-refractivity contribution >= 4 is 100 Å². The van der Waals surface area contributed by atoms with E-state index in [0.717, 1.165) is 0 Å². The van der Waals surface area contributed by atoms with Crippen LogP contribution in [0.25, 0.3) is 0 Å². The van der Waals surface area contributed by atoms with Crippen molar-refractivity contribution in [1.82, 2.24) is 0 Å². The van der Waals surface area contributed by atoms with E-state index >= 15 is 0 Å². The van der Waals surface area contributed by atoms with E-state index in [9.17, 15) is 53.8 Å². The second-order valence-electron chi connectivity index (χ2n) is 15.6. The molecule has 0 bridgehead atoms. The first-order valence-corrected chi connectivity index (χ1v) is 19.0. The van der Waals surface area contributed by atoms with E-state index in [1.807, 2.05) is 0 Å². The van der Waals surface area contributed by atoms with Crippen LogP contribution in [0.1, 0.15) is 127 Å². The number of allylic oxidation sites excluding steroid dienone is 1. The minimum atomic E-state index is -1.11. The van der Waals surface area contributed by atoms with Crippen molar-refractivity contribution in [3.8, 4) is 17.2 Å². The summed E-state index contributed by atoms with van der Waals surface area (Å²) < 4.78 is 31.0. The zero-order chi connectivity index (χ0) is 51.6. The first-order valence-electron chi connectivity index (χ1n) is 18.7. The molecule has 23 heteroatoms. The molecule has 0 amide bonds. The Morgan fingerprint density at radius 1 is 0.638 bits per heavy atom. The average molecular weight is 1060 g/mol. The van der Waals surface area contributed by atoms with E-state index in [4.69, 9.17) is 28.8 Å². The van der Waals surface area contributed by atoms with Crippen LogP contribution >= 0.6 is 11.6 Å². The monoisotopic (exact) mass is 1060 g/mol. The van der Waals surface area contributed by atoms with Gasteiger partial charge >= 0.3 is 46.9 Å². The van der Waals surface area contributed by atoms with E-state index < -0.39 is 58.3 Å². The van der Waals surface area contributed by atoms with Gasteiger partial charge in [-0.2, -0.15) is 0 Å². The molecule has 3 aromatic carbocycles. The summed E-state index contributed by atoms with van der Waals surface area (Å²) in [6.45, 7) is 23.7. The van der Waals surface area contributed by atoms with Crippen molar-refractivity contribution in [1.29, 1.82) is 0 Å². The van der Waals surface area contributed by atoms with Crippen LogP contribution in [0.2, 0.25) is 0 Å². The normalized spacial score (nSPS) is 10.2. The number of phenols is 1. The SMILES string of the molecule is C.C=C(C)C(=O)Cl.C=C(C)C(=O)Oc1cc(C(C)(C)O)cc(C(C)(C)O)c1.CC(C)(O)c1cc(O)cc(C(C)(C)O)c1.COC(=O)c1cc(OC(C)=O)cc(C(=O)OC)c1.[B]B([BH3-])B([BH3-])F.[Br-].[CH3-].[Mg+2]. The molecule has 5 N–H and O–H groups in total. The molecule has 0 aliphatic heterocycles. The molecule has 0 fully saturated rings. The summed E-state index contributed by atoms with van der Waals surface area (Å²) in [5.41, 5.74) is -1.13. The fourth-order valence-corrected chi connectivity index (χ4v) is 4.17. The molecule has 378 valence electrons. The maximum atomic E-state index is 11.9. The Labute approximate surface area is 444 Å². The van der Waals surface area contributed by atoms with Crippen LogP contribution in [0.15, 0.2) is 78.9 Å². The minimum absolute atomic E-state index is 0. The van der Waals surface area contributed by atoms with Crippen LogP contribution in [-0.2, 0) is 46.3 Å². The van der Waals surface area contributed by atoms with Gasteiger partial charge in [-0.1, -0.05) is 28.3 Å². The number of rotatable bonds is 11. The third-order valence-corrected chi connectivity index (χ3v) is 7.95. The summed E-state index contributed by atoms with van der Waals surface area (Å²) in [6, 6.07) is 13.4. The number of carbonyl (C=O) groups excluding carboxylic acids is 5. The van der Waals surface area contributed by atoms with E-state index in [1.54, 1.807) is 93.5 Å². The van der Waals surface area contributed by atoms with Crippen molar-refractivity contribution in [3.05, 3.63) is 120 Å². The number of halogens is 3. The number of hydrogen-bond acceptors (Lipinski definition) is 14. The molecule has 0 aliphatic rings. The largest absolute Gasteiger partial charge is 2.00 e. The summed E-state index contributed by atoms with van der Waals surface area (Å²) in [5, 5.41) is 48.9. The summed E-state index contributed by atoms with van der Waals surface area (Å²) in [6.07, 6.45) is 0.0463. The second kappa shape index (κ2) is 33.7. The quantitative estimate of drug-likeness (QED) is 0.0460. The number of hydrogen-bond donors (Lipinski definition) is 5. The van der Waals surface area contributed by atoms with Gasteiger partial charge in [0.1, 0.15) is 17.2 Å². The predicted octanol–water partition coefficient (Wildman–Crippen LogP) is 1.60. The molecule has 0 saturated carbocycles. The van der Waals surface area contributed by atoms with Gasteiger partial charge in [0.15, 0.2) is 0 Å². The topological polar surface area (TPSA) is 223 Å². The molecule has 0 saturated heterocycles. The van der Waals surface area contributed by atoms with Crippen molar-refractivity contribution in [3.63, 3.8) is 0 Å². The zero-order valence-corrected chi connectivity index (χ0v) is 43.8.